The van der Waals surface area contributed by atoms with Gasteiger partial charge in [-0.15, -0.1) is 0 Å². The van der Waals surface area contributed by atoms with Crippen molar-refractivity contribution in [1.29, 1.82) is 0 Å². The lowest BCUT2D eigenvalue weighted by Crippen LogP contribution is -2.51. The molecule has 1 aromatic heterocycles. The summed E-state index contributed by atoms with van der Waals surface area (Å²) in [6, 6.07) is 3.95. The van der Waals surface area contributed by atoms with Crippen molar-refractivity contribution < 1.29 is 9.53 Å². The normalized spacial score (nSPS) is 21.1. The van der Waals surface area contributed by atoms with Gasteiger partial charge in [-0.3, -0.25) is 9.69 Å². The fraction of sp³-hybridized carbons (Fsp3) is 0.667. The van der Waals surface area contributed by atoms with Crippen LogP contribution in [0.4, 0.5) is 5.82 Å². The number of nitrogens with zero attached hydrogens (tertiary/aromatic N) is 3. The molecule has 0 spiro atoms. The average molecular weight is 332 g/mol. The lowest BCUT2D eigenvalue weighted by atomic mass is 9.68. The lowest BCUT2D eigenvalue weighted by molar-refractivity contribution is -0.152. The monoisotopic (exact) mass is 332 g/mol. The van der Waals surface area contributed by atoms with Crippen LogP contribution in [0.1, 0.15) is 31.2 Å². The number of carbonyl (C=O) groups excluding carboxylic acids is 1. The second-order valence-corrected chi connectivity index (χ2v) is 7.04. The molecule has 1 aromatic rings. The Morgan fingerprint density at radius 2 is 2.12 bits per heavy atom. The number of nitrogen functional groups attached to an aromatic ring is 1. The van der Waals surface area contributed by atoms with Crippen LogP contribution in [0.3, 0.4) is 0 Å². The van der Waals surface area contributed by atoms with Crippen molar-refractivity contribution in [2.45, 2.75) is 32.2 Å². The zero-order valence-electron chi connectivity index (χ0n) is 14.5. The van der Waals surface area contributed by atoms with E-state index in [0.717, 1.165) is 64.0 Å². The third-order valence-corrected chi connectivity index (χ3v) is 5.38. The van der Waals surface area contributed by atoms with E-state index in [0.29, 0.717) is 18.3 Å². The van der Waals surface area contributed by atoms with Gasteiger partial charge in [0.25, 0.3) is 0 Å². The third kappa shape index (κ3) is 3.54. The Balaban J connectivity index is 1.59. The van der Waals surface area contributed by atoms with Crippen LogP contribution in [0, 0.1) is 5.41 Å². The van der Waals surface area contributed by atoms with Crippen molar-refractivity contribution in [1.82, 2.24) is 14.8 Å². The van der Waals surface area contributed by atoms with E-state index < -0.39 is 0 Å². The van der Waals surface area contributed by atoms with E-state index in [-0.39, 0.29) is 5.41 Å². The Morgan fingerprint density at radius 1 is 1.29 bits per heavy atom. The van der Waals surface area contributed by atoms with Gasteiger partial charge >= 0.3 is 0 Å². The Kier molecular flexibility index (Phi) is 5.36. The van der Waals surface area contributed by atoms with E-state index >= 15 is 0 Å². The van der Waals surface area contributed by atoms with Crippen molar-refractivity contribution in [3.05, 3.63) is 23.9 Å². The molecular formula is C18H28N4O2. The molecule has 2 fully saturated rings. The van der Waals surface area contributed by atoms with Crippen LogP contribution in [-0.2, 0) is 16.1 Å². The van der Waals surface area contributed by atoms with Crippen molar-refractivity contribution >= 4 is 11.7 Å². The fourth-order valence-electron chi connectivity index (χ4n) is 3.79. The molecule has 2 heterocycles. The maximum absolute atomic E-state index is 13.0. The molecule has 1 amide bonds. The summed E-state index contributed by atoms with van der Waals surface area (Å²) in [7, 11) is 1.69. The van der Waals surface area contributed by atoms with Gasteiger partial charge in [0.1, 0.15) is 5.82 Å². The molecule has 0 radical (unpaired) electrons. The number of anilines is 1. The highest BCUT2D eigenvalue weighted by atomic mass is 16.5. The molecule has 0 aromatic carbocycles. The third-order valence-electron chi connectivity index (χ3n) is 5.38. The quantitative estimate of drug-likeness (QED) is 0.885. The van der Waals surface area contributed by atoms with Gasteiger partial charge in [0.15, 0.2) is 0 Å². The van der Waals surface area contributed by atoms with Crippen LogP contribution < -0.4 is 5.73 Å². The first-order valence-corrected chi connectivity index (χ1v) is 8.85. The highest BCUT2D eigenvalue weighted by Gasteiger charge is 2.46. The second-order valence-electron chi connectivity index (χ2n) is 7.04. The molecule has 6 heteroatoms. The minimum absolute atomic E-state index is 0.252. The molecule has 3 rings (SSSR count). The first-order chi connectivity index (χ1) is 11.6. The number of hydrogen-bond donors (Lipinski definition) is 1. The molecule has 1 aliphatic heterocycles. The van der Waals surface area contributed by atoms with Gasteiger partial charge in [0.05, 0.1) is 12.0 Å². The predicted octanol–water partition coefficient (Wildman–Crippen LogP) is 1.51. The van der Waals surface area contributed by atoms with Crippen LogP contribution in [-0.4, -0.2) is 60.6 Å². The summed E-state index contributed by atoms with van der Waals surface area (Å²) < 4.78 is 5.33. The van der Waals surface area contributed by atoms with Crippen LogP contribution in [0.15, 0.2) is 18.3 Å². The first-order valence-electron chi connectivity index (χ1n) is 8.85. The minimum Gasteiger partial charge on any atom is -0.384 e. The molecule has 6 nitrogen and oxygen atoms in total. The van der Waals surface area contributed by atoms with Gasteiger partial charge in [-0.1, -0.05) is 12.5 Å². The molecule has 2 aliphatic rings. The van der Waals surface area contributed by atoms with Crippen LogP contribution in [0.25, 0.3) is 0 Å². The summed E-state index contributed by atoms with van der Waals surface area (Å²) in [5.41, 5.74) is 6.76. The number of amides is 1. The maximum Gasteiger partial charge on any atom is 0.231 e. The predicted molar refractivity (Wildman–Crippen MR) is 93.3 cm³/mol. The molecule has 24 heavy (non-hydrogen) atoms. The van der Waals surface area contributed by atoms with Gasteiger partial charge in [-0.25, -0.2) is 4.98 Å². The van der Waals surface area contributed by atoms with Gasteiger partial charge in [-0.05, 0) is 25.3 Å². The fourth-order valence-corrected chi connectivity index (χ4v) is 3.79. The maximum atomic E-state index is 13.0. The molecule has 0 bridgehead atoms. The van der Waals surface area contributed by atoms with E-state index in [1.807, 2.05) is 17.0 Å². The Labute approximate surface area is 144 Å². The zero-order chi connectivity index (χ0) is 17.0. The topological polar surface area (TPSA) is 71.7 Å². The van der Waals surface area contributed by atoms with Crippen LogP contribution in [0.5, 0.6) is 0 Å². The molecule has 1 saturated carbocycles. The van der Waals surface area contributed by atoms with Crippen molar-refractivity contribution in [2.24, 2.45) is 5.41 Å². The van der Waals surface area contributed by atoms with E-state index in [4.69, 9.17) is 10.5 Å². The van der Waals surface area contributed by atoms with Crippen molar-refractivity contribution in [2.75, 3.05) is 45.6 Å². The number of nitrogens with two attached hydrogens (primary N) is 1. The van der Waals surface area contributed by atoms with Crippen molar-refractivity contribution in [3.8, 4) is 0 Å². The summed E-state index contributed by atoms with van der Waals surface area (Å²) in [6.07, 6.45) is 5.78. The average Bonchev–Trinajstić information content (AvgIpc) is 2.78. The summed E-state index contributed by atoms with van der Waals surface area (Å²) in [4.78, 5) is 21.5. The van der Waals surface area contributed by atoms with E-state index in [9.17, 15) is 4.79 Å². The molecule has 0 atom stereocenters. The van der Waals surface area contributed by atoms with Crippen LogP contribution >= 0.6 is 0 Å². The SMILES string of the molecule is COCC1(C(=O)N2CCCN(Cc3cccnc3N)CC2)CCC1. The van der Waals surface area contributed by atoms with Gasteiger partial charge in [0, 0.05) is 51.6 Å². The highest BCUT2D eigenvalue weighted by Crippen LogP contribution is 2.42. The molecular weight excluding hydrogens is 304 g/mol. The standard InChI is InChI=1S/C18H28N4O2/c1-24-14-18(6-3-7-18)17(23)22-10-4-9-21(11-12-22)13-15-5-2-8-20-16(15)19/h2,5,8H,3-4,6-7,9-14H2,1H3,(H2,19,20). The summed E-state index contributed by atoms with van der Waals surface area (Å²) in [6.45, 7) is 4.83. The molecule has 0 unspecified atom stereocenters. The van der Waals surface area contributed by atoms with E-state index in [1.54, 1.807) is 13.3 Å². The Morgan fingerprint density at radius 3 is 2.79 bits per heavy atom. The van der Waals surface area contributed by atoms with Gasteiger partial charge in [-0.2, -0.15) is 0 Å². The van der Waals surface area contributed by atoms with E-state index in [1.165, 1.54) is 0 Å². The number of pyridine rings is 1. The molecule has 1 saturated heterocycles. The number of hydrogen-bond acceptors (Lipinski definition) is 5. The van der Waals surface area contributed by atoms with Crippen LogP contribution in [0.2, 0.25) is 0 Å². The zero-order valence-corrected chi connectivity index (χ0v) is 14.5. The van der Waals surface area contributed by atoms with Crippen molar-refractivity contribution in [3.63, 3.8) is 0 Å². The first kappa shape index (κ1) is 17.2. The second kappa shape index (κ2) is 7.49. The summed E-state index contributed by atoms with van der Waals surface area (Å²) in [5, 5.41) is 0. The number of methoxy groups -OCH3 is 1. The minimum atomic E-state index is -0.252. The van der Waals surface area contributed by atoms with Gasteiger partial charge < -0.3 is 15.4 Å². The van der Waals surface area contributed by atoms with E-state index in [2.05, 4.69) is 9.88 Å². The van der Waals surface area contributed by atoms with Gasteiger partial charge in [0.2, 0.25) is 5.91 Å². The summed E-state index contributed by atoms with van der Waals surface area (Å²) in [5.74, 6) is 0.890. The Hall–Kier alpha value is -1.66. The molecule has 2 N–H and O–H groups in total. The Bertz CT molecular complexity index is 574. The highest BCUT2D eigenvalue weighted by molar-refractivity contribution is 5.83. The smallest absolute Gasteiger partial charge is 0.231 e. The number of aromatic nitrogens is 1. The number of carbonyl (C=O) groups is 1. The largest absolute Gasteiger partial charge is 0.384 e. The number of ether oxygens (including phenoxy) is 1. The number of rotatable bonds is 5. The molecule has 132 valence electrons. The lowest BCUT2D eigenvalue weighted by Gasteiger charge is -2.42. The molecule has 1 aliphatic carbocycles. The summed E-state index contributed by atoms with van der Waals surface area (Å²) >= 11 is 0.